The molecule has 92 valence electrons. The Morgan fingerprint density at radius 3 is 2.47 bits per heavy atom. The van der Waals surface area contributed by atoms with Crippen molar-refractivity contribution < 1.29 is 19.1 Å². The van der Waals surface area contributed by atoms with Gasteiger partial charge in [0.05, 0.1) is 7.11 Å². The van der Waals surface area contributed by atoms with Gasteiger partial charge in [0.15, 0.2) is 11.5 Å². The summed E-state index contributed by atoms with van der Waals surface area (Å²) < 4.78 is 10.1. The summed E-state index contributed by atoms with van der Waals surface area (Å²) in [5.74, 6) is 0.320. The second kappa shape index (κ2) is 5.89. The lowest BCUT2D eigenvalue weighted by molar-refractivity contribution is -0.132. The van der Waals surface area contributed by atoms with Gasteiger partial charge in [0.1, 0.15) is 0 Å². The molecule has 0 atom stereocenters. The maximum absolute atomic E-state index is 10.8. The maximum atomic E-state index is 10.8. The fraction of sp³-hybridized carbons (Fsp3) is 0.333. The Balaban J connectivity index is 2.84. The number of carbonyl (C=O) groups is 2. The highest BCUT2D eigenvalue weighted by Gasteiger charge is 2.08. The third-order valence-corrected chi connectivity index (χ3v) is 2.02. The molecule has 0 aromatic heterocycles. The molecule has 1 aromatic rings. The van der Waals surface area contributed by atoms with E-state index in [0.717, 1.165) is 5.56 Å². The van der Waals surface area contributed by atoms with Gasteiger partial charge < -0.3 is 14.8 Å². The molecule has 0 fully saturated rings. The van der Waals surface area contributed by atoms with Crippen LogP contribution in [-0.4, -0.2) is 19.0 Å². The molecule has 0 aliphatic heterocycles. The summed E-state index contributed by atoms with van der Waals surface area (Å²) in [6.45, 7) is 3.18. The summed E-state index contributed by atoms with van der Waals surface area (Å²) in [5, 5.41) is 2.67. The molecule has 0 bridgehead atoms. The van der Waals surface area contributed by atoms with Gasteiger partial charge >= 0.3 is 5.97 Å². The maximum Gasteiger partial charge on any atom is 0.308 e. The van der Waals surface area contributed by atoms with Crippen LogP contribution in [0.1, 0.15) is 19.4 Å². The Bertz CT molecular complexity index is 429. The van der Waals surface area contributed by atoms with E-state index in [9.17, 15) is 9.59 Å². The summed E-state index contributed by atoms with van der Waals surface area (Å²) in [6.07, 6.45) is 0. The van der Waals surface area contributed by atoms with Gasteiger partial charge in [-0.3, -0.25) is 9.59 Å². The molecule has 0 unspecified atom stereocenters. The molecule has 0 saturated heterocycles. The number of esters is 1. The van der Waals surface area contributed by atoms with Gasteiger partial charge in [0.25, 0.3) is 0 Å². The Kier molecular flexibility index (Phi) is 4.51. The first kappa shape index (κ1) is 13.0. The summed E-state index contributed by atoms with van der Waals surface area (Å²) in [4.78, 5) is 21.6. The zero-order valence-corrected chi connectivity index (χ0v) is 10.1. The summed E-state index contributed by atoms with van der Waals surface area (Å²) >= 11 is 0. The van der Waals surface area contributed by atoms with Crippen LogP contribution in [0.25, 0.3) is 0 Å². The first-order valence-electron chi connectivity index (χ1n) is 5.12. The van der Waals surface area contributed by atoms with Crippen LogP contribution in [0.4, 0.5) is 0 Å². The van der Waals surface area contributed by atoms with E-state index >= 15 is 0 Å². The van der Waals surface area contributed by atoms with E-state index in [1.807, 2.05) is 0 Å². The van der Waals surface area contributed by atoms with Crippen LogP contribution in [0.5, 0.6) is 11.5 Å². The lowest BCUT2D eigenvalue weighted by Gasteiger charge is -2.10. The third-order valence-electron chi connectivity index (χ3n) is 2.02. The molecule has 0 aliphatic rings. The van der Waals surface area contributed by atoms with Crippen molar-refractivity contribution in [1.29, 1.82) is 0 Å². The molecule has 0 radical (unpaired) electrons. The highest BCUT2D eigenvalue weighted by atomic mass is 16.6. The average molecular weight is 237 g/mol. The Morgan fingerprint density at radius 1 is 1.24 bits per heavy atom. The molecule has 1 rings (SSSR count). The van der Waals surface area contributed by atoms with Gasteiger partial charge in [-0.2, -0.15) is 0 Å². The van der Waals surface area contributed by atoms with E-state index in [0.29, 0.717) is 18.0 Å². The van der Waals surface area contributed by atoms with E-state index in [-0.39, 0.29) is 5.91 Å². The number of methoxy groups -OCH3 is 1. The Morgan fingerprint density at radius 2 is 1.94 bits per heavy atom. The number of carbonyl (C=O) groups excluding carboxylic acids is 2. The molecule has 0 saturated carbocycles. The average Bonchev–Trinajstić information content (AvgIpc) is 2.26. The number of hydrogen-bond donors (Lipinski definition) is 1. The van der Waals surface area contributed by atoms with Gasteiger partial charge in [0, 0.05) is 20.4 Å². The molecule has 5 heteroatoms. The number of rotatable bonds is 4. The van der Waals surface area contributed by atoms with E-state index < -0.39 is 5.97 Å². The SMILES string of the molecule is COc1cc(CNC(C)=O)ccc1OC(C)=O. The van der Waals surface area contributed by atoms with Crippen LogP contribution in [-0.2, 0) is 16.1 Å². The van der Waals surface area contributed by atoms with Crippen molar-refractivity contribution in [3.05, 3.63) is 23.8 Å². The zero-order chi connectivity index (χ0) is 12.8. The number of hydrogen-bond acceptors (Lipinski definition) is 4. The highest BCUT2D eigenvalue weighted by Crippen LogP contribution is 2.28. The van der Waals surface area contributed by atoms with Gasteiger partial charge in [0.2, 0.25) is 5.91 Å². The van der Waals surface area contributed by atoms with Gasteiger partial charge in [-0.1, -0.05) is 6.07 Å². The summed E-state index contributed by atoms with van der Waals surface area (Å²) in [5.41, 5.74) is 0.868. The minimum atomic E-state index is -0.405. The minimum Gasteiger partial charge on any atom is -0.493 e. The van der Waals surface area contributed by atoms with Crippen LogP contribution >= 0.6 is 0 Å². The monoisotopic (exact) mass is 237 g/mol. The van der Waals surface area contributed by atoms with Crippen LogP contribution in [0.3, 0.4) is 0 Å². The van der Waals surface area contributed by atoms with E-state index in [4.69, 9.17) is 9.47 Å². The van der Waals surface area contributed by atoms with E-state index in [1.54, 1.807) is 18.2 Å². The first-order chi connectivity index (χ1) is 8.02. The standard InChI is InChI=1S/C12H15NO4/c1-8(14)13-7-10-4-5-11(17-9(2)15)12(6-10)16-3/h4-6H,7H2,1-3H3,(H,13,14). The van der Waals surface area contributed by atoms with Crippen LogP contribution in [0.15, 0.2) is 18.2 Å². The Hall–Kier alpha value is -2.04. The fourth-order valence-corrected chi connectivity index (χ4v) is 1.29. The molecule has 0 spiro atoms. The zero-order valence-electron chi connectivity index (χ0n) is 10.1. The van der Waals surface area contributed by atoms with Crippen molar-refractivity contribution in [2.75, 3.05) is 7.11 Å². The Labute approximate surface area is 99.7 Å². The number of benzene rings is 1. The molecule has 5 nitrogen and oxygen atoms in total. The highest BCUT2D eigenvalue weighted by molar-refractivity contribution is 5.73. The van der Waals surface area contributed by atoms with Gasteiger partial charge in [-0.25, -0.2) is 0 Å². The van der Waals surface area contributed by atoms with Crippen molar-refractivity contribution in [2.24, 2.45) is 0 Å². The number of nitrogens with one attached hydrogen (secondary N) is 1. The lowest BCUT2D eigenvalue weighted by atomic mass is 10.2. The van der Waals surface area contributed by atoms with Gasteiger partial charge in [-0.15, -0.1) is 0 Å². The van der Waals surface area contributed by atoms with Crippen LogP contribution < -0.4 is 14.8 Å². The van der Waals surface area contributed by atoms with Crippen molar-refractivity contribution in [2.45, 2.75) is 20.4 Å². The molecule has 0 heterocycles. The molecule has 17 heavy (non-hydrogen) atoms. The topological polar surface area (TPSA) is 64.6 Å². The lowest BCUT2D eigenvalue weighted by Crippen LogP contribution is -2.18. The third kappa shape index (κ3) is 4.14. The smallest absolute Gasteiger partial charge is 0.308 e. The van der Waals surface area contributed by atoms with Crippen LogP contribution in [0.2, 0.25) is 0 Å². The van der Waals surface area contributed by atoms with E-state index in [1.165, 1.54) is 21.0 Å². The van der Waals surface area contributed by atoms with Crippen molar-refractivity contribution in [1.82, 2.24) is 5.32 Å². The molecular formula is C12H15NO4. The predicted molar refractivity (Wildman–Crippen MR) is 61.8 cm³/mol. The quantitative estimate of drug-likeness (QED) is 0.632. The predicted octanol–water partition coefficient (Wildman–Crippen LogP) is 1.26. The molecular weight excluding hydrogens is 222 g/mol. The summed E-state index contributed by atoms with van der Waals surface area (Å²) in [7, 11) is 1.49. The van der Waals surface area contributed by atoms with Crippen molar-refractivity contribution >= 4 is 11.9 Å². The van der Waals surface area contributed by atoms with Gasteiger partial charge in [-0.05, 0) is 17.7 Å². The summed E-state index contributed by atoms with van der Waals surface area (Å²) in [6, 6.07) is 5.11. The number of amides is 1. The normalized spacial score (nSPS) is 9.59. The first-order valence-corrected chi connectivity index (χ1v) is 5.12. The van der Waals surface area contributed by atoms with Crippen molar-refractivity contribution in [3.63, 3.8) is 0 Å². The van der Waals surface area contributed by atoms with E-state index in [2.05, 4.69) is 5.32 Å². The molecule has 0 aliphatic carbocycles. The van der Waals surface area contributed by atoms with Crippen LogP contribution in [0, 0.1) is 0 Å². The molecule has 1 aromatic carbocycles. The molecule has 1 N–H and O–H groups in total. The fourth-order valence-electron chi connectivity index (χ4n) is 1.29. The van der Waals surface area contributed by atoms with Crippen molar-refractivity contribution in [3.8, 4) is 11.5 Å². The second-order valence-corrected chi connectivity index (χ2v) is 3.49. The molecule has 1 amide bonds. The minimum absolute atomic E-state index is 0.104. The number of ether oxygens (including phenoxy) is 2. The second-order valence-electron chi connectivity index (χ2n) is 3.49. The largest absolute Gasteiger partial charge is 0.493 e.